The van der Waals surface area contributed by atoms with Gasteiger partial charge in [-0.25, -0.2) is 0 Å². The van der Waals surface area contributed by atoms with E-state index >= 15 is 0 Å². The molecule has 0 bridgehead atoms. The van der Waals surface area contributed by atoms with Gasteiger partial charge in [0.15, 0.2) is 0 Å². The highest BCUT2D eigenvalue weighted by molar-refractivity contribution is 5.92. The highest BCUT2D eigenvalue weighted by Gasteiger charge is 2.17. The number of carbonyl (C=O) groups is 1. The van der Waals surface area contributed by atoms with Gasteiger partial charge in [0.1, 0.15) is 5.75 Å². The number of hydrogen-bond donors (Lipinski definition) is 2. The van der Waals surface area contributed by atoms with Crippen molar-refractivity contribution in [3.63, 3.8) is 0 Å². The molecule has 0 heterocycles. The molecular formula is C15H21NO2. The van der Waals surface area contributed by atoms with Crippen LogP contribution < -0.4 is 5.32 Å². The average Bonchev–Trinajstić information content (AvgIpc) is 2.36. The molecule has 0 saturated heterocycles. The summed E-state index contributed by atoms with van der Waals surface area (Å²) in [4.78, 5) is 12.0. The summed E-state index contributed by atoms with van der Waals surface area (Å²) in [6, 6.07) is 5.21. The lowest BCUT2D eigenvalue weighted by atomic mass is 9.87. The van der Waals surface area contributed by atoms with Crippen LogP contribution in [0.4, 0.5) is 5.69 Å². The molecule has 18 heavy (non-hydrogen) atoms. The number of anilines is 1. The molecule has 0 radical (unpaired) electrons. The molecule has 2 rings (SSSR count). The van der Waals surface area contributed by atoms with Crippen molar-refractivity contribution >= 4 is 11.6 Å². The maximum Gasteiger partial charge on any atom is 0.224 e. The number of rotatable bonds is 3. The minimum atomic E-state index is 0.0654. The number of benzene rings is 1. The average molecular weight is 247 g/mol. The van der Waals surface area contributed by atoms with Gasteiger partial charge in [0.25, 0.3) is 0 Å². The van der Waals surface area contributed by atoms with E-state index in [-0.39, 0.29) is 11.7 Å². The molecule has 3 heteroatoms. The number of amides is 1. The summed E-state index contributed by atoms with van der Waals surface area (Å²) in [7, 11) is 0. The van der Waals surface area contributed by atoms with Gasteiger partial charge in [0.2, 0.25) is 5.91 Å². The molecule has 0 spiro atoms. The van der Waals surface area contributed by atoms with Crippen molar-refractivity contribution in [2.24, 2.45) is 5.92 Å². The van der Waals surface area contributed by atoms with Crippen LogP contribution in [0.15, 0.2) is 18.2 Å². The molecule has 1 aromatic carbocycles. The van der Waals surface area contributed by atoms with E-state index in [2.05, 4.69) is 5.32 Å². The quantitative estimate of drug-likeness (QED) is 0.857. The zero-order valence-electron chi connectivity index (χ0n) is 10.9. The molecule has 1 aliphatic rings. The molecular weight excluding hydrogens is 226 g/mol. The first kappa shape index (κ1) is 12.9. The van der Waals surface area contributed by atoms with Crippen molar-refractivity contribution in [1.82, 2.24) is 0 Å². The van der Waals surface area contributed by atoms with Crippen LogP contribution in [0, 0.1) is 12.8 Å². The lowest BCUT2D eigenvalue weighted by molar-refractivity contribution is -0.117. The van der Waals surface area contributed by atoms with Crippen LogP contribution in [-0.2, 0) is 4.79 Å². The summed E-state index contributed by atoms with van der Waals surface area (Å²) in [5.74, 6) is 0.831. The van der Waals surface area contributed by atoms with Crippen molar-refractivity contribution in [3.8, 4) is 5.75 Å². The van der Waals surface area contributed by atoms with E-state index in [9.17, 15) is 9.90 Å². The van der Waals surface area contributed by atoms with Gasteiger partial charge in [0.05, 0.1) is 0 Å². The van der Waals surface area contributed by atoms with Crippen molar-refractivity contribution in [1.29, 1.82) is 0 Å². The van der Waals surface area contributed by atoms with Crippen LogP contribution in [0.25, 0.3) is 0 Å². The summed E-state index contributed by atoms with van der Waals surface area (Å²) >= 11 is 0. The SMILES string of the molecule is Cc1c(O)cccc1NC(=O)CC1CCCCC1. The molecule has 0 atom stereocenters. The number of hydrogen-bond acceptors (Lipinski definition) is 2. The minimum absolute atomic E-state index is 0.0654. The Hall–Kier alpha value is -1.51. The minimum Gasteiger partial charge on any atom is -0.508 e. The molecule has 1 aromatic rings. The Labute approximate surface area is 108 Å². The van der Waals surface area contributed by atoms with Gasteiger partial charge < -0.3 is 10.4 Å². The van der Waals surface area contributed by atoms with E-state index in [1.165, 1.54) is 32.1 Å². The molecule has 2 N–H and O–H groups in total. The van der Waals surface area contributed by atoms with Crippen molar-refractivity contribution in [2.45, 2.75) is 45.4 Å². The Morgan fingerprint density at radius 3 is 2.78 bits per heavy atom. The van der Waals surface area contributed by atoms with Gasteiger partial charge in [-0.1, -0.05) is 25.3 Å². The van der Waals surface area contributed by atoms with Crippen molar-refractivity contribution < 1.29 is 9.90 Å². The van der Waals surface area contributed by atoms with Gasteiger partial charge in [-0.15, -0.1) is 0 Å². The lowest BCUT2D eigenvalue weighted by Crippen LogP contribution is -2.18. The normalized spacial score (nSPS) is 16.5. The molecule has 1 saturated carbocycles. The van der Waals surface area contributed by atoms with E-state index in [1.54, 1.807) is 12.1 Å². The second-order valence-electron chi connectivity index (χ2n) is 5.21. The summed E-state index contributed by atoms with van der Waals surface area (Å²) < 4.78 is 0. The van der Waals surface area contributed by atoms with Crippen LogP contribution in [0.2, 0.25) is 0 Å². The van der Waals surface area contributed by atoms with Crippen LogP contribution in [-0.4, -0.2) is 11.0 Å². The molecule has 3 nitrogen and oxygen atoms in total. The molecule has 1 amide bonds. The fraction of sp³-hybridized carbons (Fsp3) is 0.533. The predicted octanol–water partition coefficient (Wildman–Crippen LogP) is 3.61. The fourth-order valence-electron chi connectivity index (χ4n) is 2.61. The van der Waals surface area contributed by atoms with Crippen molar-refractivity contribution in [3.05, 3.63) is 23.8 Å². The molecule has 1 aliphatic carbocycles. The third-order valence-electron chi connectivity index (χ3n) is 3.78. The Kier molecular flexibility index (Phi) is 4.24. The fourth-order valence-corrected chi connectivity index (χ4v) is 2.61. The van der Waals surface area contributed by atoms with Crippen molar-refractivity contribution in [2.75, 3.05) is 5.32 Å². The van der Waals surface area contributed by atoms with Gasteiger partial charge in [-0.3, -0.25) is 4.79 Å². The monoisotopic (exact) mass is 247 g/mol. The number of phenolic OH excluding ortho intramolecular Hbond substituents is 1. The molecule has 1 fully saturated rings. The van der Waals surface area contributed by atoms with Crippen LogP contribution >= 0.6 is 0 Å². The van der Waals surface area contributed by atoms with Crippen LogP contribution in [0.3, 0.4) is 0 Å². The third-order valence-corrected chi connectivity index (χ3v) is 3.78. The Bertz CT molecular complexity index is 423. The standard InChI is InChI=1S/C15H21NO2/c1-11-13(8-5-9-14(11)17)16-15(18)10-12-6-3-2-4-7-12/h5,8-9,12,17H,2-4,6-7,10H2,1H3,(H,16,18). The maximum atomic E-state index is 12.0. The molecule has 98 valence electrons. The molecule has 0 aromatic heterocycles. The Morgan fingerprint density at radius 1 is 1.33 bits per heavy atom. The first-order chi connectivity index (χ1) is 8.66. The first-order valence-electron chi connectivity index (χ1n) is 6.75. The summed E-state index contributed by atoms with van der Waals surface area (Å²) in [5.41, 5.74) is 1.45. The maximum absolute atomic E-state index is 12.0. The summed E-state index contributed by atoms with van der Waals surface area (Å²) in [5, 5.41) is 12.5. The highest BCUT2D eigenvalue weighted by atomic mass is 16.3. The Morgan fingerprint density at radius 2 is 2.06 bits per heavy atom. The molecule has 0 aliphatic heterocycles. The zero-order valence-corrected chi connectivity index (χ0v) is 10.9. The van der Waals surface area contributed by atoms with E-state index < -0.39 is 0 Å². The van der Waals surface area contributed by atoms with E-state index in [1.807, 2.05) is 13.0 Å². The summed E-state index contributed by atoms with van der Waals surface area (Å²) in [6.07, 6.45) is 6.77. The number of phenols is 1. The summed E-state index contributed by atoms with van der Waals surface area (Å²) in [6.45, 7) is 1.81. The highest BCUT2D eigenvalue weighted by Crippen LogP contribution is 2.28. The predicted molar refractivity (Wildman–Crippen MR) is 72.7 cm³/mol. The van der Waals surface area contributed by atoms with E-state index in [0.29, 0.717) is 12.3 Å². The van der Waals surface area contributed by atoms with E-state index in [4.69, 9.17) is 0 Å². The van der Waals surface area contributed by atoms with E-state index in [0.717, 1.165) is 11.3 Å². The van der Waals surface area contributed by atoms with Crippen LogP contribution in [0.5, 0.6) is 5.75 Å². The molecule has 0 unspecified atom stereocenters. The van der Waals surface area contributed by atoms with Crippen LogP contribution in [0.1, 0.15) is 44.1 Å². The topological polar surface area (TPSA) is 49.3 Å². The Balaban J connectivity index is 1.92. The largest absolute Gasteiger partial charge is 0.508 e. The van der Waals surface area contributed by atoms with Gasteiger partial charge in [-0.2, -0.15) is 0 Å². The number of carbonyl (C=O) groups excluding carboxylic acids is 1. The van der Waals surface area contributed by atoms with Gasteiger partial charge >= 0.3 is 0 Å². The number of aromatic hydroxyl groups is 1. The zero-order chi connectivity index (χ0) is 13.0. The van der Waals surface area contributed by atoms with Gasteiger partial charge in [-0.05, 0) is 37.8 Å². The lowest BCUT2D eigenvalue weighted by Gasteiger charge is -2.21. The second-order valence-corrected chi connectivity index (χ2v) is 5.21. The van der Waals surface area contributed by atoms with Gasteiger partial charge in [0, 0.05) is 17.7 Å². The second kappa shape index (κ2) is 5.89. The smallest absolute Gasteiger partial charge is 0.224 e. The first-order valence-corrected chi connectivity index (χ1v) is 6.75. The third kappa shape index (κ3) is 3.25. The number of nitrogens with one attached hydrogen (secondary N) is 1.